The third-order valence-electron chi connectivity index (χ3n) is 5.49. The van der Waals surface area contributed by atoms with Crippen molar-refractivity contribution in [2.75, 3.05) is 31.1 Å². The van der Waals surface area contributed by atoms with E-state index in [2.05, 4.69) is 5.32 Å². The molecular formula is C21H30FN3O2S. The van der Waals surface area contributed by atoms with Crippen LogP contribution in [0.25, 0.3) is 0 Å². The molecule has 2 saturated heterocycles. The van der Waals surface area contributed by atoms with Gasteiger partial charge in [-0.2, -0.15) is 11.8 Å². The lowest BCUT2D eigenvalue weighted by Gasteiger charge is -2.41. The van der Waals surface area contributed by atoms with Crippen molar-refractivity contribution in [1.82, 2.24) is 15.1 Å². The number of carbonyl (C=O) groups excluding carboxylic acids is 2. The first kappa shape index (κ1) is 21.0. The second kappa shape index (κ2) is 9.16. The van der Waals surface area contributed by atoms with Gasteiger partial charge in [-0.05, 0) is 50.8 Å². The number of hydrogen-bond acceptors (Lipinski definition) is 3. The predicted octanol–water partition coefficient (Wildman–Crippen LogP) is 3.58. The molecule has 154 valence electrons. The molecule has 28 heavy (non-hydrogen) atoms. The number of amides is 3. The van der Waals surface area contributed by atoms with Crippen LogP contribution in [0.2, 0.25) is 0 Å². The maximum atomic E-state index is 13.7. The van der Waals surface area contributed by atoms with Crippen LogP contribution < -0.4 is 5.32 Å². The standard InChI is InChI=1S/C21H30FN3O2S/c1-14(2)23-21(27)25-13-17(20(26)24-8-10-28-11-9-24)5-7-19(25)16-4-6-18(22)15(3)12-16/h4,6,12,14,17,19H,5,7-11,13H2,1-3H3,(H,23,27)/t17-,19-/m0/s1. The van der Waals surface area contributed by atoms with Gasteiger partial charge in [-0.3, -0.25) is 4.79 Å². The van der Waals surface area contributed by atoms with Gasteiger partial charge in [0.25, 0.3) is 0 Å². The van der Waals surface area contributed by atoms with Crippen molar-refractivity contribution in [2.24, 2.45) is 5.92 Å². The molecule has 0 radical (unpaired) electrons. The van der Waals surface area contributed by atoms with Gasteiger partial charge in [0.2, 0.25) is 5.91 Å². The van der Waals surface area contributed by atoms with Crippen LogP contribution in [0, 0.1) is 18.7 Å². The summed E-state index contributed by atoms with van der Waals surface area (Å²) in [6.07, 6.45) is 1.45. The van der Waals surface area contributed by atoms with Crippen molar-refractivity contribution in [3.8, 4) is 0 Å². The highest BCUT2D eigenvalue weighted by Crippen LogP contribution is 2.35. The summed E-state index contributed by atoms with van der Waals surface area (Å²) in [5.41, 5.74) is 1.50. The van der Waals surface area contributed by atoms with Crippen molar-refractivity contribution in [2.45, 2.75) is 45.7 Å². The van der Waals surface area contributed by atoms with E-state index in [1.54, 1.807) is 17.9 Å². The molecule has 2 aliphatic heterocycles. The molecule has 0 unspecified atom stereocenters. The van der Waals surface area contributed by atoms with Crippen LogP contribution in [-0.4, -0.2) is 58.9 Å². The van der Waals surface area contributed by atoms with Gasteiger partial charge in [0.15, 0.2) is 0 Å². The number of nitrogens with one attached hydrogen (secondary N) is 1. The lowest BCUT2D eigenvalue weighted by molar-refractivity contribution is -0.137. The van der Waals surface area contributed by atoms with Crippen LogP contribution in [0.4, 0.5) is 9.18 Å². The molecule has 2 atom stereocenters. The number of thioether (sulfide) groups is 1. The molecule has 0 spiro atoms. The lowest BCUT2D eigenvalue weighted by atomic mass is 9.87. The zero-order chi connectivity index (χ0) is 20.3. The van der Waals surface area contributed by atoms with Crippen LogP contribution >= 0.6 is 11.8 Å². The fourth-order valence-corrected chi connectivity index (χ4v) is 4.89. The van der Waals surface area contributed by atoms with Crippen molar-refractivity contribution in [1.29, 1.82) is 0 Å². The lowest BCUT2D eigenvalue weighted by Crippen LogP contribution is -2.52. The molecule has 3 rings (SSSR count). The first-order valence-corrected chi connectivity index (χ1v) is 11.2. The SMILES string of the molecule is Cc1cc([C@@H]2CC[C@H](C(=O)N3CCSCC3)CN2C(=O)NC(C)C)ccc1F. The molecule has 2 aliphatic rings. The molecule has 5 nitrogen and oxygen atoms in total. The summed E-state index contributed by atoms with van der Waals surface area (Å²) in [6.45, 7) is 7.57. The Kier molecular flexibility index (Phi) is 6.86. The minimum Gasteiger partial charge on any atom is -0.341 e. The number of halogens is 1. The third-order valence-corrected chi connectivity index (χ3v) is 6.44. The molecule has 2 fully saturated rings. The summed E-state index contributed by atoms with van der Waals surface area (Å²) < 4.78 is 13.7. The Balaban J connectivity index is 1.80. The third kappa shape index (κ3) is 4.80. The normalized spacial score (nSPS) is 23.0. The second-order valence-electron chi connectivity index (χ2n) is 7.99. The Morgan fingerprint density at radius 3 is 2.57 bits per heavy atom. The second-order valence-corrected chi connectivity index (χ2v) is 9.22. The Morgan fingerprint density at radius 2 is 1.93 bits per heavy atom. The zero-order valence-corrected chi connectivity index (χ0v) is 17.7. The molecule has 1 N–H and O–H groups in total. The summed E-state index contributed by atoms with van der Waals surface area (Å²) >= 11 is 1.88. The highest BCUT2D eigenvalue weighted by Gasteiger charge is 2.37. The van der Waals surface area contributed by atoms with Crippen LogP contribution in [0.15, 0.2) is 18.2 Å². The molecule has 1 aromatic rings. The first-order chi connectivity index (χ1) is 13.4. The average molecular weight is 408 g/mol. The summed E-state index contributed by atoms with van der Waals surface area (Å²) in [7, 11) is 0. The molecule has 0 aromatic heterocycles. The summed E-state index contributed by atoms with van der Waals surface area (Å²) in [5, 5.41) is 2.96. The van der Waals surface area contributed by atoms with E-state index in [1.165, 1.54) is 6.07 Å². The van der Waals surface area contributed by atoms with Crippen LogP contribution in [-0.2, 0) is 4.79 Å². The van der Waals surface area contributed by atoms with Gasteiger partial charge in [0, 0.05) is 37.2 Å². The van der Waals surface area contributed by atoms with E-state index in [0.29, 0.717) is 18.5 Å². The van der Waals surface area contributed by atoms with E-state index in [0.717, 1.165) is 36.6 Å². The van der Waals surface area contributed by atoms with Gasteiger partial charge in [-0.1, -0.05) is 12.1 Å². The highest BCUT2D eigenvalue weighted by molar-refractivity contribution is 7.99. The molecule has 1 aromatic carbocycles. The largest absolute Gasteiger partial charge is 0.341 e. The number of piperidine rings is 1. The highest BCUT2D eigenvalue weighted by atomic mass is 32.2. The number of likely N-dealkylation sites (tertiary alicyclic amines) is 1. The maximum Gasteiger partial charge on any atom is 0.318 e. The van der Waals surface area contributed by atoms with Gasteiger partial charge in [-0.25, -0.2) is 9.18 Å². The zero-order valence-electron chi connectivity index (χ0n) is 16.9. The molecule has 7 heteroatoms. The van der Waals surface area contributed by atoms with Crippen molar-refractivity contribution < 1.29 is 14.0 Å². The van der Waals surface area contributed by atoms with Gasteiger partial charge in [0.05, 0.1) is 12.0 Å². The van der Waals surface area contributed by atoms with E-state index in [-0.39, 0.29) is 35.8 Å². The number of hydrogen-bond donors (Lipinski definition) is 1. The van der Waals surface area contributed by atoms with E-state index in [9.17, 15) is 14.0 Å². The predicted molar refractivity (Wildman–Crippen MR) is 111 cm³/mol. The summed E-state index contributed by atoms with van der Waals surface area (Å²) in [5.74, 6) is 1.71. The number of urea groups is 1. The molecule has 0 aliphatic carbocycles. The topological polar surface area (TPSA) is 52.7 Å². The Morgan fingerprint density at radius 1 is 1.21 bits per heavy atom. The number of nitrogens with zero attached hydrogens (tertiary/aromatic N) is 2. The van der Waals surface area contributed by atoms with Crippen LogP contribution in [0.1, 0.15) is 43.9 Å². The Hall–Kier alpha value is -1.76. The number of rotatable bonds is 3. The fraction of sp³-hybridized carbons (Fsp3) is 0.619. The van der Waals surface area contributed by atoms with Crippen LogP contribution in [0.3, 0.4) is 0 Å². The minimum absolute atomic E-state index is 0.0123. The monoisotopic (exact) mass is 407 g/mol. The number of aryl methyl sites for hydroxylation is 1. The molecular weight excluding hydrogens is 377 g/mol. The fourth-order valence-electron chi connectivity index (χ4n) is 3.99. The van der Waals surface area contributed by atoms with E-state index in [1.807, 2.05) is 36.6 Å². The van der Waals surface area contributed by atoms with E-state index >= 15 is 0 Å². The Bertz CT molecular complexity index is 722. The Labute approximate surface area is 171 Å². The van der Waals surface area contributed by atoms with Crippen molar-refractivity contribution >= 4 is 23.7 Å². The molecule has 0 saturated carbocycles. The molecule has 2 heterocycles. The number of benzene rings is 1. The number of carbonyl (C=O) groups is 2. The van der Waals surface area contributed by atoms with E-state index in [4.69, 9.17) is 0 Å². The van der Waals surface area contributed by atoms with Gasteiger partial charge >= 0.3 is 6.03 Å². The summed E-state index contributed by atoms with van der Waals surface area (Å²) in [4.78, 5) is 29.6. The van der Waals surface area contributed by atoms with Crippen molar-refractivity contribution in [3.05, 3.63) is 35.1 Å². The first-order valence-electron chi connectivity index (χ1n) is 10.1. The maximum absolute atomic E-state index is 13.7. The molecule has 0 bridgehead atoms. The van der Waals surface area contributed by atoms with Gasteiger partial charge in [-0.15, -0.1) is 0 Å². The summed E-state index contributed by atoms with van der Waals surface area (Å²) in [6, 6.07) is 4.75. The average Bonchev–Trinajstić information content (AvgIpc) is 2.69. The van der Waals surface area contributed by atoms with Gasteiger partial charge < -0.3 is 15.1 Å². The smallest absolute Gasteiger partial charge is 0.318 e. The quantitative estimate of drug-likeness (QED) is 0.833. The van der Waals surface area contributed by atoms with Crippen LogP contribution in [0.5, 0.6) is 0 Å². The minimum atomic E-state index is -0.242. The van der Waals surface area contributed by atoms with Crippen molar-refractivity contribution in [3.63, 3.8) is 0 Å². The molecule has 3 amide bonds. The van der Waals surface area contributed by atoms with E-state index < -0.39 is 0 Å². The van der Waals surface area contributed by atoms with Gasteiger partial charge in [0.1, 0.15) is 5.82 Å².